The third-order valence-electron chi connectivity index (χ3n) is 3.48. The molecule has 0 aliphatic rings. The summed E-state index contributed by atoms with van der Waals surface area (Å²) in [6.07, 6.45) is 2.36. The molecule has 2 aromatic carbocycles. The third-order valence-corrected chi connectivity index (χ3v) is 3.89. The first-order valence-corrected chi connectivity index (χ1v) is 8.39. The Labute approximate surface area is 152 Å². The average Bonchev–Trinajstić information content (AvgIpc) is 2.59. The third kappa shape index (κ3) is 5.50. The molecule has 0 spiro atoms. The van der Waals surface area contributed by atoms with Crippen molar-refractivity contribution in [3.05, 3.63) is 52.5 Å². The predicted molar refractivity (Wildman–Crippen MR) is 101 cm³/mol. The van der Waals surface area contributed by atoms with Crippen LogP contribution < -0.4 is 10.1 Å². The molecule has 2 rings (SSSR count). The van der Waals surface area contributed by atoms with Gasteiger partial charge in [0.2, 0.25) is 5.91 Å². The molecule has 0 aliphatic heterocycles. The van der Waals surface area contributed by atoms with E-state index in [0.29, 0.717) is 28.6 Å². The summed E-state index contributed by atoms with van der Waals surface area (Å²) in [6, 6.07) is 10.3. The van der Waals surface area contributed by atoms with E-state index in [2.05, 4.69) is 10.3 Å². The molecule has 0 atom stereocenters. The second-order valence-corrected chi connectivity index (χ2v) is 5.91. The first kappa shape index (κ1) is 18.8. The van der Waals surface area contributed by atoms with Gasteiger partial charge in [-0.15, -0.1) is 0 Å². The number of hydrogen-bond acceptors (Lipinski definition) is 4. The lowest BCUT2D eigenvalue weighted by molar-refractivity contribution is -0.114. The molecule has 0 heterocycles. The van der Waals surface area contributed by atoms with Gasteiger partial charge in [0.05, 0.1) is 6.61 Å². The van der Waals surface area contributed by atoms with E-state index >= 15 is 0 Å². The minimum atomic E-state index is -0.260. The van der Waals surface area contributed by atoms with Crippen molar-refractivity contribution in [3.8, 4) is 11.5 Å². The summed E-state index contributed by atoms with van der Waals surface area (Å²) >= 11 is 6.02. The fourth-order valence-electron chi connectivity index (χ4n) is 2.10. The zero-order valence-corrected chi connectivity index (χ0v) is 15.0. The second-order valence-electron chi connectivity index (χ2n) is 5.50. The molecule has 0 unspecified atom stereocenters. The summed E-state index contributed by atoms with van der Waals surface area (Å²) in [5, 5.41) is 13.3. The van der Waals surface area contributed by atoms with Gasteiger partial charge in [-0.05, 0) is 43.2 Å². The van der Waals surface area contributed by atoms with E-state index in [4.69, 9.17) is 16.3 Å². The van der Waals surface area contributed by atoms with Gasteiger partial charge < -0.3 is 15.2 Å². The Bertz CT molecular complexity index is 775. The lowest BCUT2D eigenvalue weighted by atomic mass is 10.2. The highest BCUT2D eigenvalue weighted by molar-refractivity contribution is 6.31. The maximum Gasteiger partial charge on any atom is 0.246 e. The van der Waals surface area contributed by atoms with Gasteiger partial charge in [0, 0.05) is 28.6 Å². The van der Waals surface area contributed by atoms with Gasteiger partial charge in [-0.25, -0.2) is 0 Å². The molecule has 0 radical (unpaired) electrons. The number of phenols is 1. The standard InChI is InChI=1S/C19H21ClN2O3/c1-3-9-25-15-8-7-14(18(23)10-15)11-21-12-19(24)22-17-6-4-5-16(20)13(17)2/h4-8,10-11,23H,3,9,12H2,1-2H3,(H,22,24). The Morgan fingerprint density at radius 3 is 2.88 bits per heavy atom. The van der Waals surface area contributed by atoms with Crippen LogP contribution in [0.3, 0.4) is 0 Å². The van der Waals surface area contributed by atoms with Crippen LogP contribution in [0.2, 0.25) is 5.02 Å². The van der Waals surface area contributed by atoms with E-state index in [1.165, 1.54) is 12.3 Å². The summed E-state index contributed by atoms with van der Waals surface area (Å²) in [4.78, 5) is 16.0. The molecule has 5 nitrogen and oxygen atoms in total. The number of phenolic OH excluding ortho intramolecular Hbond substituents is 1. The van der Waals surface area contributed by atoms with Crippen molar-refractivity contribution < 1.29 is 14.6 Å². The lowest BCUT2D eigenvalue weighted by Gasteiger charge is -2.08. The number of aromatic hydroxyl groups is 1. The smallest absolute Gasteiger partial charge is 0.246 e. The number of carbonyl (C=O) groups excluding carboxylic acids is 1. The quantitative estimate of drug-likeness (QED) is 0.727. The van der Waals surface area contributed by atoms with Crippen LogP contribution >= 0.6 is 11.6 Å². The first-order chi connectivity index (χ1) is 12.0. The molecule has 0 fully saturated rings. The van der Waals surface area contributed by atoms with Crippen LogP contribution in [0.5, 0.6) is 11.5 Å². The molecule has 0 saturated carbocycles. The van der Waals surface area contributed by atoms with Crippen LogP contribution in [0.1, 0.15) is 24.5 Å². The normalized spacial score (nSPS) is 10.8. The molecule has 2 aromatic rings. The Balaban J connectivity index is 1.94. The largest absolute Gasteiger partial charge is 0.507 e. The maximum atomic E-state index is 12.0. The van der Waals surface area contributed by atoms with Crippen LogP contribution in [0, 0.1) is 6.92 Å². The number of aliphatic imine (C=N–C) groups is 1. The Morgan fingerprint density at radius 1 is 1.36 bits per heavy atom. The molecule has 0 bridgehead atoms. The molecule has 0 aliphatic carbocycles. The van der Waals surface area contributed by atoms with Crippen LogP contribution in [0.15, 0.2) is 41.4 Å². The van der Waals surface area contributed by atoms with Gasteiger partial charge in [-0.2, -0.15) is 0 Å². The molecule has 25 heavy (non-hydrogen) atoms. The Kier molecular flexibility index (Phi) is 6.83. The van der Waals surface area contributed by atoms with Crippen molar-refractivity contribution in [3.63, 3.8) is 0 Å². The highest BCUT2D eigenvalue weighted by atomic mass is 35.5. The van der Waals surface area contributed by atoms with Crippen molar-refractivity contribution in [2.75, 3.05) is 18.5 Å². The maximum absolute atomic E-state index is 12.0. The summed E-state index contributed by atoms with van der Waals surface area (Å²) in [5.74, 6) is 0.401. The van der Waals surface area contributed by atoms with Gasteiger partial charge >= 0.3 is 0 Å². The molecule has 1 amide bonds. The monoisotopic (exact) mass is 360 g/mol. The molecule has 0 aromatic heterocycles. The molecule has 0 saturated heterocycles. The Hall–Kier alpha value is -2.53. The fraction of sp³-hybridized carbons (Fsp3) is 0.263. The SMILES string of the molecule is CCCOc1ccc(C=NCC(=O)Nc2cccc(Cl)c2C)c(O)c1. The zero-order valence-electron chi connectivity index (χ0n) is 14.3. The number of nitrogens with zero attached hydrogens (tertiary/aromatic N) is 1. The minimum Gasteiger partial charge on any atom is -0.507 e. The van der Waals surface area contributed by atoms with Crippen LogP contribution in [0.4, 0.5) is 5.69 Å². The van der Waals surface area contributed by atoms with Crippen LogP contribution in [-0.4, -0.2) is 30.4 Å². The van der Waals surface area contributed by atoms with Crippen molar-refractivity contribution in [1.82, 2.24) is 0 Å². The highest BCUT2D eigenvalue weighted by Crippen LogP contribution is 2.23. The van der Waals surface area contributed by atoms with Crippen molar-refractivity contribution in [2.45, 2.75) is 20.3 Å². The topological polar surface area (TPSA) is 70.9 Å². The van der Waals surface area contributed by atoms with E-state index in [1.807, 2.05) is 13.8 Å². The second kappa shape index (κ2) is 9.08. The summed E-state index contributed by atoms with van der Waals surface area (Å²) in [7, 11) is 0. The zero-order chi connectivity index (χ0) is 18.2. The molecular weight excluding hydrogens is 340 g/mol. The minimum absolute atomic E-state index is 0.0561. The number of benzene rings is 2. The number of halogens is 1. The number of anilines is 1. The van der Waals surface area contributed by atoms with Crippen LogP contribution in [-0.2, 0) is 4.79 Å². The van der Waals surface area contributed by atoms with Gasteiger partial charge in [0.1, 0.15) is 18.0 Å². The predicted octanol–water partition coefficient (Wildman–Crippen LogP) is 4.20. The summed E-state index contributed by atoms with van der Waals surface area (Å²) in [6.45, 7) is 4.38. The summed E-state index contributed by atoms with van der Waals surface area (Å²) < 4.78 is 5.44. The van der Waals surface area contributed by atoms with Gasteiger partial charge in [-0.1, -0.05) is 24.6 Å². The molecule has 6 heteroatoms. The number of ether oxygens (including phenoxy) is 1. The van der Waals surface area contributed by atoms with Gasteiger partial charge in [0.15, 0.2) is 0 Å². The van der Waals surface area contributed by atoms with Gasteiger partial charge in [-0.3, -0.25) is 9.79 Å². The number of carbonyl (C=O) groups is 1. The van der Waals surface area contributed by atoms with Gasteiger partial charge in [0.25, 0.3) is 0 Å². The average molecular weight is 361 g/mol. The van der Waals surface area contributed by atoms with Crippen LogP contribution in [0.25, 0.3) is 0 Å². The number of amides is 1. The van der Waals surface area contributed by atoms with Crippen molar-refractivity contribution in [1.29, 1.82) is 0 Å². The summed E-state index contributed by atoms with van der Waals surface area (Å²) in [5.41, 5.74) is 1.99. The molecule has 132 valence electrons. The highest BCUT2D eigenvalue weighted by Gasteiger charge is 2.06. The first-order valence-electron chi connectivity index (χ1n) is 8.02. The molecule has 2 N–H and O–H groups in total. The van der Waals surface area contributed by atoms with Crippen molar-refractivity contribution >= 4 is 29.4 Å². The van der Waals surface area contributed by atoms with E-state index in [0.717, 1.165) is 12.0 Å². The number of hydrogen-bond donors (Lipinski definition) is 2. The number of nitrogens with one attached hydrogen (secondary N) is 1. The Morgan fingerprint density at radius 2 is 2.16 bits per heavy atom. The van der Waals surface area contributed by atoms with E-state index in [1.54, 1.807) is 30.3 Å². The van der Waals surface area contributed by atoms with E-state index < -0.39 is 0 Å². The van der Waals surface area contributed by atoms with Crippen molar-refractivity contribution in [2.24, 2.45) is 4.99 Å². The fourth-order valence-corrected chi connectivity index (χ4v) is 2.28. The number of rotatable bonds is 7. The molecular formula is C19H21ClN2O3. The lowest BCUT2D eigenvalue weighted by Crippen LogP contribution is -2.15. The van der Waals surface area contributed by atoms with E-state index in [-0.39, 0.29) is 18.2 Å². The van der Waals surface area contributed by atoms with E-state index in [9.17, 15) is 9.90 Å².